The van der Waals surface area contributed by atoms with Crippen molar-refractivity contribution in [3.63, 3.8) is 0 Å². The second kappa shape index (κ2) is 7.16. The topological polar surface area (TPSA) is 239 Å². The molecular formula is C9H16N3O12P2+. The van der Waals surface area contributed by atoms with E-state index < -0.39 is 57.5 Å². The number of aliphatic imine (C=N–C) groups is 1. The van der Waals surface area contributed by atoms with Crippen molar-refractivity contribution in [3.8, 4) is 0 Å². The summed E-state index contributed by atoms with van der Waals surface area (Å²) >= 11 is 0. The van der Waals surface area contributed by atoms with Crippen LogP contribution >= 0.6 is 15.6 Å². The van der Waals surface area contributed by atoms with Gasteiger partial charge in [0.1, 0.15) is 24.2 Å². The second-order valence-corrected chi connectivity index (χ2v) is 7.93. The highest BCUT2D eigenvalue weighted by atomic mass is 31.3. The van der Waals surface area contributed by atoms with Crippen LogP contribution in [0.4, 0.5) is 4.79 Å². The van der Waals surface area contributed by atoms with E-state index in [1.807, 2.05) is 0 Å². The van der Waals surface area contributed by atoms with Gasteiger partial charge >= 0.3 is 21.7 Å². The van der Waals surface area contributed by atoms with E-state index in [0.29, 0.717) is 6.20 Å². The summed E-state index contributed by atoms with van der Waals surface area (Å²) in [6.07, 6.45) is -5.42. The molecule has 26 heavy (non-hydrogen) atoms. The standard InChI is InChI=1S/C9H15N3O12P2/c10-5-1-2-12(9(16)11-5,23-26(20,21)24-25(17,18)19)8-7(15)6(14)4(3-13)22-8/h1-2,4,6-8,13-15H,3H2,(H4-,10,11,16,17,18,19,20,21)/p+1/t4-,6-,7-,8-,12?/m1/s1. The van der Waals surface area contributed by atoms with Crippen LogP contribution in [0.2, 0.25) is 0 Å². The van der Waals surface area contributed by atoms with E-state index in [4.69, 9.17) is 25.4 Å². The maximum absolute atomic E-state index is 12.3. The lowest BCUT2D eigenvalue weighted by molar-refractivity contribution is -1.01. The second-order valence-electron chi connectivity index (χ2n) is 5.20. The van der Waals surface area contributed by atoms with Crippen LogP contribution in [-0.4, -0.2) is 77.7 Å². The molecule has 15 nitrogen and oxygen atoms in total. The molecule has 1 fully saturated rings. The number of rotatable bonds is 6. The maximum Gasteiger partial charge on any atom is 0.528 e. The molecule has 2 heterocycles. The van der Waals surface area contributed by atoms with Crippen molar-refractivity contribution in [2.45, 2.75) is 24.5 Å². The molecule has 0 aromatic heterocycles. The molecule has 17 heteroatoms. The Balaban J connectivity index is 2.46. The Labute approximate surface area is 144 Å². The van der Waals surface area contributed by atoms with Crippen molar-refractivity contribution < 1.29 is 62.2 Å². The number of quaternary nitrogens is 1. The fourth-order valence-corrected chi connectivity index (χ4v) is 4.05. The first kappa shape index (κ1) is 21.2. The van der Waals surface area contributed by atoms with E-state index in [1.54, 1.807) is 0 Å². The Morgan fingerprint density at radius 1 is 1.27 bits per heavy atom. The van der Waals surface area contributed by atoms with Crippen LogP contribution in [0.5, 0.6) is 0 Å². The average molecular weight is 420 g/mol. The van der Waals surface area contributed by atoms with Crippen LogP contribution in [0.3, 0.4) is 0 Å². The van der Waals surface area contributed by atoms with Gasteiger partial charge in [-0.2, -0.15) is 4.31 Å². The van der Waals surface area contributed by atoms with Gasteiger partial charge in [0, 0.05) is 6.08 Å². The highest BCUT2D eigenvalue weighted by molar-refractivity contribution is 7.60. The number of aliphatic hydroxyl groups is 3. The number of carbonyl (C=O) groups is 1. The normalized spacial score (nSPS) is 37.5. The number of carbonyl (C=O) groups excluding carboxylic acids is 1. The SMILES string of the molecule is NC1=NC(=O)[N+](OP(=O)(O)OP(=O)(O)O)([C@@H]2O[C@H](CO)[C@@H](O)[C@H]2O)C=C1. The summed E-state index contributed by atoms with van der Waals surface area (Å²) in [7, 11) is -11.2. The van der Waals surface area contributed by atoms with Crippen LogP contribution in [0.25, 0.3) is 0 Å². The molecule has 0 aliphatic carbocycles. The molecule has 8 N–H and O–H groups in total. The molecule has 0 saturated carbocycles. The number of nitrogens with zero attached hydrogens (tertiary/aromatic N) is 2. The Morgan fingerprint density at radius 3 is 2.35 bits per heavy atom. The van der Waals surface area contributed by atoms with Gasteiger partial charge in [0.05, 0.1) is 6.61 Å². The first-order valence-electron chi connectivity index (χ1n) is 6.71. The molecule has 2 aliphatic rings. The number of amidine groups is 1. The number of hydrogen-bond donors (Lipinski definition) is 7. The van der Waals surface area contributed by atoms with Gasteiger partial charge in [-0.1, -0.05) is 4.62 Å². The summed E-state index contributed by atoms with van der Waals surface area (Å²) in [5.41, 5.74) is 5.32. The molecule has 2 rings (SSSR count). The molecule has 0 aromatic carbocycles. The number of hydrogen-bond acceptors (Lipinski definition) is 10. The zero-order chi connectivity index (χ0) is 19.9. The smallest absolute Gasteiger partial charge is 0.394 e. The Kier molecular flexibility index (Phi) is 5.85. The number of amides is 2. The lowest BCUT2D eigenvalue weighted by Gasteiger charge is -2.34. The highest BCUT2D eigenvalue weighted by Gasteiger charge is 2.63. The molecular weight excluding hydrogens is 404 g/mol. The fraction of sp³-hybridized carbons (Fsp3) is 0.556. The third kappa shape index (κ3) is 4.26. The van der Waals surface area contributed by atoms with Crippen molar-refractivity contribution >= 4 is 27.5 Å². The zero-order valence-electron chi connectivity index (χ0n) is 12.7. The lowest BCUT2D eigenvalue weighted by Crippen LogP contribution is -2.59. The Morgan fingerprint density at radius 2 is 1.88 bits per heavy atom. The van der Waals surface area contributed by atoms with Gasteiger partial charge in [-0.05, 0) is 4.65 Å². The number of hydroxylamine groups is 3. The lowest BCUT2D eigenvalue weighted by atomic mass is 10.1. The minimum absolute atomic E-state index is 0.359. The third-order valence-electron chi connectivity index (χ3n) is 3.33. The molecule has 2 amide bonds. The molecule has 0 radical (unpaired) electrons. The predicted molar refractivity (Wildman–Crippen MR) is 78.2 cm³/mol. The van der Waals surface area contributed by atoms with E-state index in [1.165, 1.54) is 0 Å². The third-order valence-corrected chi connectivity index (χ3v) is 5.49. The van der Waals surface area contributed by atoms with Gasteiger partial charge in [-0.25, -0.2) is 13.9 Å². The van der Waals surface area contributed by atoms with Crippen LogP contribution in [0, 0.1) is 0 Å². The van der Waals surface area contributed by atoms with Crippen molar-refractivity contribution in [2.24, 2.45) is 10.7 Å². The minimum atomic E-state index is -5.64. The Bertz CT molecular complexity index is 735. The molecule has 0 bridgehead atoms. The predicted octanol–water partition coefficient (Wildman–Crippen LogP) is -2.61. The van der Waals surface area contributed by atoms with Gasteiger partial charge in [0.2, 0.25) is 0 Å². The largest absolute Gasteiger partial charge is 0.528 e. The number of aliphatic hydroxyl groups excluding tert-OH is 3. The number of phosphoric acid groups is 2. The summed E-state index contributed by atoms with van der Waals surface area (Å²) in [5, 5.41) is 29.0. The van der Waals surface area contributed by atoms with E-state index in [2.05, 4.69) is 13.9 Å². The summed E-state index contributed by atoms with van der Waals surface area (Å²) in [6, 6.07) is -1.44. The Hall–Kier alpha value is -1.06. The quantitative estimate of drug-likeness (QED) is 0.172. The van der Waals surface area contributed by atoms with E-state index in [-0.39, 0.29) is 5.84 Å². The molecule has 2 aliphatic heterocycles. The van der Waals surface area contributed by atoms with Crippen molar-refractivity contribution in [1.82, 2.24) is 0 Å². The summed E-state index contributed by atoms with van der Waals surface area (Å²) in [4.78, 5) is 42.5. The van der Waals surface area contributed by atoms with Gasteiger partial charge < -0.3 is 35.6 Å². The number of nitrogens with two attached hydrogens (primary N) is 1. The fourth-order valence-electron chi connectivity index (χ4n) is 2.30. The van der Waals surface area contributed by atoms with Gasteiger partial charge in [-0.3, -0.25) is 4.89 Å². The summed E-state index contributed by atoms with van der Waals surface area (Å²) in [6.45, 7) is -0.798. The van der Waals surface area contributed by atoms with Gasteiger partial charge in [0.15, 0.2) is 6.10 Å². The molecule has 2 unspecified atom stereocenters. The van der Waals surface area contributed by atoms with Crippen molar-refractivity contribution in [1.29, 1.82) is 0 Å². The van der Waals surface area contributed by atoms with E-state index in [9.17, 15) is 29.0 Å². The average Bonchev–Trinajstić information content (AvgIpc) is 2.76. The molecule has 6 atom stereocenters. The van der Waals surface area contributed by atoms with E-state index >= 15 is 0 Å². The van der Waals surface area contributed by atoms with Crippen LogP contribution < -0.4 is 5.73 Å². The van der Waals surface area contributed by atoms with Gasteiger partial charge in [-0.15, -0.1) is 4.99 Å². The molecule has 148 valence electrons. The monoisotopic (exact) mass is 420 g/mol. The summed E-state index contributed by atoms with van der Waals surface area (Å²) < 4.78 is 34.1. The first-order chi connectivity index (χ1) is 11.8. The van der Waals surface area contributed by atoms with Crippen LogP contribution in [0.15, 0.2) is 17.3 Å². The molecule has 0 aromatic rings. The molecule has 0 spiro atoms. The molecule has 1 saturated heterocycles. The zero-order valence-corrected chi connectivity index (χ0v) is 14.5. The number of ether oxygens (including phenoxy) is 1. The minimum Gasteiger partial charge on any atom is -0.394 e. The highest BCUT2D eigenvalue weighted by Crippen LogP contribution is 2.60. The van der Waals surface area contributed by atoms with Crippen molar-refractivity contribution in [3.05, 3.63) is 12.3 Å². The summed E-state index contributed by atoms with van der Waals surface area (Å²) in [5.74, 6) is -0.359. The number of urea groups is 1. The maximum atomic E-state index is 12.3. The first-order valence-corrected chi connectivity index (χ1v) is 9.74. The van der Waals surface area contributed by atoms with Crippen LogP contribution in [0.1, 0.15) is 0 Å². The van der Waals surface area contributed by atoms with Crippen LogP contribution in [-0.2, 0) is 22.8 Å². The van der Waals surface area contributed by atoms with E-state index in [0.717, 1.165) is 6.08 Å². The van der Waals surface area contributed by atoms with Crippen molar-refractivity contribution in [2.75, 3.05) is 6.61 Å². The van der Waals surface area contributed by atoms with Gasteiger partial charge in [0.25, 0.3) is 6.23 Å².